The summed E-state index contributed by atoms with van der Waals surface area (Å²) >= 11 is 0. The predicted octanol–water partition coefficient (Wildman–Crippen LogP) is 4.26. The number of halogens is 2. The minimum Gasteiger partial charge on any atom is -0.436 e. The standard InChI is InChI=1S/C24H16F2N4O3/c1-13-22-18(15(12-31)11-28-13)9-19(23(32)30-21-7-4-16(25)8-20(21)26)24(33-22)29-17-5-2-14(10-27)3-6-17/h2-9,11,31H,12H2,1H3,(H,30,32). The summed E-state index contributed by atoms with van der Waals surface area (Å²) in [6.07, 6.45) is 1.46. The molecule has 7 nitrogen and oxygen atoms in total. The fourth-order valence-corrected chi connectivity index (χ4v) is 3.17. The SMILES string of the molecule is Cc1ncc(CO)c2cc(C(=O)Nc3ccc(F)cc3F)c(=Nc3ccc(C#N)cc3)oc12. The quantitative estimate of drug-likeness (QED) is 0.487. The van der Waals surface area contributed by atoms with Gasteiger partial charge in [-0.05, 0) is 49.4 Å². The number of nitriles is 1. The molecule has 33 heavy (non-hydrogen) atoms. The van der Waals surface area contributed by atoms with E-state index in [9.17, 15) is 18.7 Å². The lowest BCUT2D eigenvalue weighted by atomic mass is 10.1. The number of benzene rings is 2. The molecule has 0 fully saturated rings. The van der Waals surface area contributed by atoms with Gasteiger partial charge in [0.25, 0.3) is 5.91 Å². The van der Waals surface area contributed by atoms with Gasteiger partial charge in [-0.3, -0.25) is 9.78 Å². The highest BCUT2D eigenvalue weighted by Crippen LogP contribution is 2.23. The molecule has 0 atom stereocenters. The number of hydrogen-bond donors (Lipinski definition) is 2. The van der Waals surface area contributed by atoms with Crippen molar-refractivity contribution in [3.05, 3.63) is 94.3 Å². The molecule has 2 N–H and O–H groups in total. The predicted molar refractivity (Wildman–Crippen MR) is 115 cm³/mol. The highest BCUT2D eigenvalue weighted by Gasteiger charge is 2.18. The zero-order chi connectivity index (χ0) is 23.5. The Kier molecular flexibility index (Phi) is 5.93. The van der Waals surface area contributed by atoms with Crippen molar-refractivity contribution in [3.8, 4) is 6.07 Å². The molecule has 4 aromatic rings. The highest BCUT2D eigenvalue weighted by molar-refractivity contribution is 6.05. The van der Waals surface area contributed by atoms with E-state index in [0.717, 1.165) is 12.1 Å². The highest BCUT2D eigenvalue weighted by atomic mass is 19.1. The Bertz CT molecular complexity index is 1490. The molecule has 0 saturated heterocycles. The first-order chi connectivity index (χ1) is 15.9. The van der Waals surface area contributed by atoms with Crippen LogP contribution in [0.3, 0.4) is 0 Å². The molecule has 2 heterocycles. The van der Waals surface area contributed by atoms with E-state index in [0.29, 0.717) is 39.5 Å². The van der Waals surface area contributed by atoms with E-state index in [1.54, 1.807) is 31.2 Å². The monoisotopic (exact) mass is 446 g/mol. The van der Waals surface area contributed by atoms with Crippen molar-refractivity contribution in [2.75, 3.05) is 5.32 Å². The Morgan fingerprint density at radius 2 is 1.97 bits per heavy atom. The van der Waals surface area contributed by atoms with E-state index in [4.69, 9.17) is 9.68 Å². The van der Waals surface area contributed by atoms with Crippen LogP contribution in [0.1, 0.15) is 27.2 Å². The molecule has 2 aromatic heterocycles. The van der Waals surface area contributed by atoms with Gasteiger partial charge in [-0.1, -0.05) is 0 Å². The second-order valence-corrected chi connectivity index (χ2v) is 7.08. The summed E-state index contributed by atoms with van der Waals surface area (Å²) in [5, 5.41) is 21.5. The van der Waals surface area contributed by atoms with E-state index in [1.807, 2.05) is 6.07 Å². The van der Waals surface area contributed by atoms with E-state index in [2.05, 4.69) is 15.3 Å². The van der Waals surface area contributed by atoms with Crippen molar-refractivity contribution < 1.29 is 23.1 Å². The lowest BCUT2D eigenvalue weighted by Gasteiger charge is -2.10. The number of nitrogens with zero attached hydrogens (tertiary/aromatic N) is 3. The van der Waals surface area contributed by atoms with Crippen LogP contribution in [0.15, 0.2) is 64.1 Å². The van der Waals surface area contributed by atoms with Crippen LogP contribution in [0.25, 0.3) is 11.0 Å². The lowest BCUT2D eigenvalue weighted by Crippen LogP contribution is -2.22. The first kappa shape index (κ1) is 21.8. The van der Waals surface area contributed by atoms with Crippen molar-refractivity contribution in [3.63, 3.8) is 0 Å². The topological polar surface area (TPSA) is 112 Å². The number of aliphatic hydroxyl groups is 1. The molecule has 0 saturated carbocycles. The average molecular weight is 446 g/mol. The van der Waals surface area contributed by atoms with E-state index < -0.39 is 17.5 Å². The van der Waals surface area contributed by atoms with Crippen LogP contribution >= 0.6 is 0 Å². The molecule has 0 aliphatic heterocycles. The molecule has 0 unspecified atom stereocenters. The molecular weight excluding hydrogens is 430 g/mol. The van der Waals surface area contributed by atoms with Crippen LogP contribution in [0, 0.1) is 29.9 Å². The summed E-state index contributed by atoms with van der Waals surface area (Å²) in [7, 11) is 0. The maximum atomic E-state index is 14.1. The van der Waals surface area contributed by atoms with Crippen molar-refractivity contribution >= 4 is 28.3 Å². The number of nitrogens with one attached hydrogen (secondary N) is 1. The van der Waals surface area contributed by atoms with E-state index in [1.165, 1.54) is 12.3 Å². The minimum absolute atomic E-state index is 0.0455. The van der Waals surface area contributed by atoms with Gasteiger partial charge in [0.2, 0.25) is 5.55 Å². The summed E-state index contributed by atoms with van der Waals surface area (Å²) in [4.78, 5) is 21.7. The summed E-state index contributed by atoms with van der Waals surface area (Å²) in [6.45, 7) is 1.35. The number of aryl methyl sites for hydroxylation is 1. The number of rotatable bonds is 4. The van der Waals surface area contributed by atoms with Crippen LogP contribution in [-0.4, -0.2) is 16.0 Å². The number of amides is 1. The summed E-state index contributed by atoms with van der Waals surface area (Å²) < 4.78 is 33.2. The third-order valence-electron chi connectivity index (χ3n) is 4.87. The zero-order valence-corrected chi connectivity index (χ0v) is 17.3. The van der Waals surface area contributed by atoms with Crippen LogP contribution in [0.4, 0.5) is 20.2 Å². The fourth-order valence-electron chi connectivity index (χ4n) is 3.17. The number of aliphatic hydroxyl groups excluding tert-OH is 1. The van der Waals surface area contributed by atoms with Crippen LogP contribution < -0.4 is 10.9 Å². The van der Waals surface area contributed by atoms with Gasteiger partial charge < -0.3 is 14.8 Å². The number of pyridine rings is 1. The first-order valence-electron chi connectivity index (χ1n) is 9.74. The molecule has 0 aliphatic rings. The number of aromatic nitrogens is 1. The van der Waals surface area contributed by atoms with Gasteiger partial charge in [-0.2, -0.15) is 5.26 Å². The van der Waals surface area contributed by atoms with Crippen LogP contribution in [0.5, 0.6) is 0 Å². The van der Waals surface area contributed by atoms with Crippen molar-refractivity contribution in [1.29, 1.82) is 5.26 Å². The second-order valence-electron chi connectivity index (χ2n) is 7.08. The Hall–Kier alpha value is -4.42. The van der Waals surface area contributed by atoms with E-state index in [-0.39, 0.29) is 23.4 Å². The third-order valence-corrected chi connectivity index (χ3v) is 4.87. The van der Waals surface area contributed by atoms with E-state index >= 15 is 0 Å². The van der Waals surface area contributed by atoms with Gasteiger partial charge in [-0.15, -0.1) is 0 Å². The number of hydrogen-bond acceptors (Lipinski definition) is 6. The fraction of sp³-hybridized carbons (Fsp3) is 0.0833. The zero-order valence-electron chi connectivity index (χ0n) is 17.3. The molecule has 9 heteroatoms. The van der Waals surface area contributed by atoms with Crippen LogP contribution in [-0.2, 0) is 6.61 Å². The molecule has 164 valence electrons. The number of carbonyl (C=O) groups excluding carboxylic acids is 1. The largest absolute Gasteiger partial charge is 0.436 e. The minimum atomic E-state index is -0.942. The maximum absolute atomic E-state index is 14.1. The van der Waals surface area contributed by atoms with Crippen molar-refractivity contribution in [2.24, 2.45) is 4.99 Å². The van der Waals surface area contributed by atoms with Crippen molar-refractivity contribution in [1.82, 2.24) is 4.98 Å². The van der Waals surface area contributed by atoms with Gasteiger partial charge in [-0.25, -0.2) is 13.8 Å². The second kappa shape index (κ2) is 8.98. The maximum Gasteiger partial charge on any atom is 0.261 e. The van der Waals surface area contributed by atoms with Gasteiger partial charge in [0.1, 0.15) is 17.2 Å². The molecule has 2 aromatic carbocycles. The summed E-state index contributed by atoms with van der Waals surface area (Å²) in [6, 6.07) is 12.5. The van der Waals surface area contributed by atoms with Crippen molar-refractivity contribution in [2.45, 2.75) is 13.5 Å². The smallest absolute Gasteiger partial charge is 0.261 e. The summed E-state index contributed by atoms with van der Waals surface area (Å²) in [5.74, 6) is -2.47. The normalized spacial score (nSPS) is 11.4. The molecule has 1 amide bonds. The summed E-state index contributed by atoms with van der Waals surface area (Å²) in [5.41, 5.74) is 1.73. The van der Waals surface area contributed by atoms with Gasteiger partial charge in [0.05, 0.1) is 35.3 Å². The average Bonchev–Trinajstić information content (AvgIpc) is 2.81. The molecule has 0 radical (unpaired) electrons. The van der Waals surface area contributed by atoms with Gasteiger partial charge in [0, 0.05) is 23.2 Å². The Morgan fingerprint density at radius 3 is 2.64 bits per heavy atom. The molecular formula is C24H16F2N4O3. The molecule has 0 bridgehead atoms. The number of fused-ring (bicyclic) bond motifs is 1. The van der Waals surface area contributed by atoms with Gasteiger partial charge in [0.15, 0.2) is 5.58 Å². The van der Waals surface area contributed by atoms with Crippen LogP contribution in [0.2, 0.25) is 0 Å². The first-order valence-corrected chi connectivity index (χ1v) is 9.74. The Balaban J connectivity index is 1.91. The molecule has 4 rings (SSSR count). The molecule has 0 spiro atoms. The number of carbonyl (C=O) groups is 1. The Labute approximate surface area is 186 Å². The third kappa shape index (κ3) is 4.46. The van der Waals surface area contributed by atoms with Gasteiger partial charge >= 0.3 is 0 Å². The lowest BCUT2D eigenvalue weighted by molar-refractivity contribution is 0.102. The molecule has 0 aliphatic carbocycles. The Morgan fingerprint density at radius 1 is 1.21 bits per heavy atom. The number of anilines is 1.